The Labute approximate surface area is 151 Å². The predicted molar refractivity (Wildman–Crippen MR) is 96.6 cm³/mol. The second kappa shape index (κ2) is 7.07. The van der Waals surface area contributed by atoms with Crippen LogP contribution in [0.4, 0.5) is 5.69 Å². The Kier molecular flexibility index (Phi) is 4.48. The van der Waals surface area contributed by atoms with Crippen molar-refractivity contribution in [2.24, 2.45) is 0 Å². The van der Waals surface area contributed by atoms with Crippen LogP contribution in [0.1, 0.15) is 23.2 Å². The van der Waals surface area contributed by atoms with Gasteiger partial charge in [0.25, 0.3) is 11.8 Å². The summed E-state index contributed by atoms with van der Waals surface area (Å²) >= 11 is 0. The molecule has 2 aromatic rings. The first kappa shape index (κ1) is 16.4. The monoisotopic (exact) mass is 352 g/mol. The van der Waals surface area contributed by atoms with Gasteiger partial charge < -0.3 is 19.7 Å². The maximum absolute atomic E-state index is 12.7. The third-order valence-corrected chi connectivity index (χ3v) is 4.61. The number of nitrogens with one attached hydrogen (secondary N) is 1. The number of nitrogens with zero attached hydrogens (tertiary/aromatic N) is 1. The number of hydrogen-bond acceptors (Lipinski definition) is 4. The molecule has 0 unspecified atom stereocenters. The first-order chi connectivity index (χ1) is 12.7. The van der Waals surface area contributed by atoms with Gasteiger partial charge in [-0.25, -0.2) is 0 Å². The molecule has 2 aromatic carbocycles. The molecule has 0 spiro atoms. The molecule has 2 aliphatic rings. The van der Waals surface area contributed by atoms with E-state index in [1.807, 2.05) is 17.0 Å². The van der Waals surface area contributed by atoms with E-state index in [1.54, 1.807) is 36.4 Å². The molecule has 2 amide bonds. The molecule has 4 rings (SSSR count). The second-order valence-corrected chi connectivity index (χ2v) is 6.40. The number of anilines is 1. The molecule has 0 aromatic heterocycles. The van der Waals surface area contributed by atoms with Crippen LogP contribution >= 0.6 is 0 Å². The molecule has 1 saturated heterocycles. The van der Waals surface area contributed by atoms with Crippen LogP contribution in [-0.4, -0.2) is 42.5 Å². The van der Waals surface area contributed by atoms with E-state index < -0.39 is 6.10 Å². The molecular weight excluding hydrogens is 332 g/mol. The SMILES string of the molecule is O=C(Nc1ccccc1C(=O)N1CCCC1)[C@@H]1COc2ccccc2O1. The Morgan fingerprint density at radius 1 is 0.962 bits per heavy atom. The second-order valence-electron chi connectivity index (χ2n) is 6.40. The molecule has 2 heterocycles. The number of carbonyl (C=O) groups is 2. The van der Waals surface area contributed by atoms with Crippen LogP contribution in [0.15, 0.2) is 48.5 Å². The topological polar surface area (TPSA) is 67.9 Å². The summed E-state index contributed by atoms with van der Waals surface area (Å²) in [6.07, 6.45) is 1.28. The predicted octanol–water partition coefficient (Wildman–Crippen LogP) is 2.70. The summed E-state index contributed by atoms with van der Waals surface area (Å²) in [7, 11) is 0. The molecular formula is C20H20N2O4. The number of likely N-dealkylation sites (tertiary alicyclic amines) is 1. The van der Waals surface area contributed by atoms with Crippen molar-refractivity contribution in [2.45, 2.75) is 18.9 Å². The number of para-hydroxylation sites is 3. The normalized spacial score (nSPS) is 18.5. The number of hydrogen-bond donors (Lipinski definition) is 1. The molecule has 26 heavy (non-hydrogen) atoms. The number of amides is 2. The molecule has 2 aliphatic heterocycles. The summed E-state index contributed by atoms with van der Waals surface area (Å²) in [6, 6.07) is 14.3. The highest BCUT2D eigenvalue weighted by atomic mass is 16.6. The van der Waals surface area contributed by atoms with Crippen LogP contribution < -0.4 is 14.8 Å². The van der Waals surface area contributed by atoms with E-state index in [0.717, 1.165) is 25.9 Å². The van der Waals surface area contributed by atoms with Gasteiger partial charge in [-0.1, -0.05) is 24.3 Å². The minimum Gasteiger partial charge on any atom is -0.485 e. The largest absolute Gasteiger partial charge is 0.485 e. The summed E-state index contributed by atoms with van der Waals surface area (Å²) < 4.78 is 11.3. The molecule has 0 bridgehead atoms. The highest BCUT2D eigenvalue weighted by Gasteiger charge is 2.29. The molecule has 6 heteroatoms. The number of ether oxygens (including phenoxy) is 2. The van der Waals surface area contributed by atoms with Gasteiger partial charge in [-0.15, -0.1) is 0 Å². The quantitative estimate of drug-likeness (QED) is 0.922. The van der Waals surface area contributed by atoms with Crippen LogP contribution in [0.3, 0.4) is 0 Å². The lowest BCUT2D eigenvalue weighted by molar-refractivity contribution is -0.125. The lowest BCUT2D eigenvalue weighted by Gasteiger charge is -2.26. The first-order valence-electron chi connectivity index (χ1n) is 8.80. The van der Waals surface area contributed by atoms with Crippen molar-refractivity contribution >= 4 is 17.5 Å². The Morgan fingerprint density at radius 3 is 2.46 bits per heavy atom. The van der Waals surface area contributed by atoms with Gasteiger partial charge >= 0.3 is 0 Å². The van der Waals surface area contributed by atoms with Crippen molar-refractivity contribution in [1.29, 1.82) is 0 Å². The van der Waals surface area contributed by atoms with Gasteiger partial charge in [-0.2, -0.15) is 0 Å². The molecule has 0 radical (unpaired) electrons. The average molecular weight is 352 g/mol. The number of rotatable bonds is 3. The zero-order valence-corrected chi connectivity index (χ0v) is 14.3. The van der Waals surface area contributed by atoms with Crippen LogP contribution in [0.2, 0.25) is 0 Å². The maximum Gasteiger partial charge on any atom is 0.269 e. The molecule has 0 saturated carbocycles. The van der Waals surface area contributed by atoms with Gasteiger partial charge in [-0.3, -0.25) is 9.59 Å². The van der Waals surface area contributed by atoms with E-state index in [-0.39, 0.29) is 18.4 Å². The van der Waals surface area contributed by atoms with E-state index in [2.05, 4.69) is 5.32 Å². The molecule has 1 N–H and O–H groups in total. The Morgan fingerprint density at radius 2 is 1.65 bits per heavy atom. The maximum atomic E-state index is 12.7. The van der Waals surface area contributed by atoms with Gasteiger partial charge in [0.15, 0.2) is 11.5 Å². The fourth-order valence-electron chi connectivity index (χ4n) is 3.23. The van der Waals surface area contributed by atoms with Crippen molar-refractivity contribution in [3.63, 3.8) is 0 Å². The van der Waals surface area contributed by atoms with E-state index >= 15 is 0 Å². The van der Waals surface area contributed by atoms with Crippen molar-refractivity contribution < 1.29 is 19.1 Å². The van der Waals surface area contributed by atoms with E-state index in [4.69, 9.17) is 9.47 Å². The third kappa shape index (κ3) is 3.22. The lowest BCUT2D eigenvalue weighted by atomic mass is 10.1. The average Bonchev–Trinajstić information content (AvgIpc) is 3.22. The summed E-state index contributed by atoms with van der Waals surface area (Å²) in [6.45, 7) is 1.65. The smallest absolute Gasteiger partial charge is 0.269 e. The molecule has 134 valence electrons. The van der Waals surface area contributed by atoms with Gasteiger partial charge in [0.05, 0.1) is 11.3 Å². The van der Waals surface area contributed by atoms with Crippen molar-refractivity contribution in [3.8, 4) is 11.5 Å². The van der Waals surface area contributed by atoms with Gasteiger partial charge in [0.2, 0.25) is 6.10 Å². The minimum absolute atomic E-state index is 0.0513. The van der Waals surface area contributed by atoms with Crippen LogP contribution in [-0.2, 0) is 4.79 Å². The van der Waals surface area contributed by atoms with E-state index in [9.17, 15) is 9.59 Å². The molecule has 6 nitrogen and oxygen atoms in total. The molecule has 0 aliphatic carbocycles. The van der Waals surface area contributed by atoms with E-state index in [0.29, 0.717) is 22.7 Å². The fourth-order valence-corrected chi connectivity index (χ4v) is 3.23. The zero-order valence-electron chi connectivity index (χ0n) is 14.3. The number of carbonyl (C=O) groups excluding carboxylic acids is 2. The van der Waals surface area contributed by atoms with E-state index in [1.165, 1.54) is 0 Å². The summed E-state index contributed by atoms with van der Waals surface area (Å²) in [5.41, 5.74) is 0.997. The Hall–Kier alpha value is -3.02. The third-order valence-electron chi connectivity index (χ3n) is 4.61. The summed E-state index contributed by atoms with van der Waals surface area (Å²) in [5, 5.41) is 2.82. The molecule has 1 atom stereocenters. The van der Waals surface area contributed by atoms with Gasteiger partial charge in [0, 0.05) is 13.1 Å². The zero-order chi connectivity index (χ0) is 17.9. The van der Waals surface area contributed by atoms with Gasteiger partial charge in [0.1, 0.15) is 6.61 Å². The fraction of sp³-hybridized carbons (Fsp3) is 0.300. The van der Waals surface area contributed by atoms with Crippen molar-refractivity contribution in [2.75, 3.05) is 25.0 Å². The first-order valence-corrected chi connectivity index (χ1v) is 8.80. The summed E-state index contributed by atoms with van der Waals surface area (Å²) in [4.78, 5) is 27.2. The van der Waals surface area contributed by atoms with Crippen LogP contribution in [0.25, 0.3) is 0 Å². The highest BCUT2D eigenvalue weighted by molar-refractivity contribution is 6.04. The van der Waals surface area contributed by atoms with Gasteiger partial charge in [-0.05, 0) is 37.1 Å². The van der Waals surface area contributed by atoms with Crippen LogP contribution in [0, 0.1) is 0 Å². The van der Waals surface area contributed by atoms with Crippen molar-refractivity contribution in [3.05, 3.63) is 54.1 Å². The van der Waals surface area contributed by atoms with Crippen LogP contribution in [0.5, 0.6) is 11.5 Å². The Balaban J connectivity index is 1.49. The lowest BCUT2D eigenvalue weighted by Crippen LogP contribution is -2.40. The molecule has 1 fully saturated rings. The number of fused-ring (bicyclic) bond motifs is 1. The standard InChI is InChI=1S/C20H20N2O4/c23-19(18-13-25-16-9-3-4-10-17(16)26-18)21-15-8-2-1-7-14(15)20(24)22-11-5-6-12-22/h1-4,7-10,18H,5-6,11-13H2,(H,21,23)/t18-/m0/s1. The highest BCUT2D eigenvalue weighted by Crippen LogP contribution is 2.31. The number of benzene rings is 2. The minimum atomic E-state index is -0.764. The summed E-state index contributed by atoms with van der Waals surface area (Å²) in [5.74, 6) is 0.784. The Bertz CT molecular complexity index is 830. The van der Waals surface area contributed by atoms with Crippen molar-refractivity contribution in [1.82, 2.24) is 4.90 Å².